The van der Waals surface area contributed by atoms with Gasteiger partial charge in [-0.2, -0.15) is 0 Å². The molecule has 0 aromatic rings. The minimum atomic E-state index is -1.84. The van der Waals surface area contributed by atoms with Crippen LogP contribution in [0, 0.1) is 0 Å². The van der Waals surface area contributed by atoms with E-state index >= 15 is 0 Å². The molecule has 1 amide bonds. The van der Waals surface area contributed by atoms with Crippen molar-refractivity contribution in [2.45, 2.75) is 77.2 Å². The minimum Gasteiger partial charge on any atom is -0.444 e. The normalized spacial score (nSPS) is 23.5. The lowest BCUT2D eigenvalue weighted by atomic mass is 10.0. The number of carbonyl (C=O) groups is 1. The van der Waals surface area contributed by atoms with E-state index in [0.717, 1.165) is 19.5 Å². The van der Waals surface area contributed by atoms with Gasteiger partial charge in [0.15, 0.2) is 8.32 Å². The van der Waals surface area contributed by atoms with Crippen LogP contribution in [-0.4, -0.2) is 45.2 Å². The van der Waals surface area contributed by atoms with Crippen molar-refractivity contribution in [1.29, 1.82) is 0 Å². The predicted molar refractivity (Wildman–Crippen MR) is 92.7 cm³/mol. The molecule has 1 rings (SSSR count). The first kappa shape index (κ1) is 19.5. The number of carbonyl (C=O) groups excluding carboxylic acids is 1. The van der Waals surface area contributed by atoms with E-state index in [-0.39, 0.29) is 16.7 Å². The zero-order valence-electron chi connectivity index (χ0n) is 15.6. The lowest BCUT2D eigenvalue weighted by Gasteiger charge is -2.40. The lowest BCUT2D eigenvalue weighted by molar-refractivity contribution is 0.0421. The molecule has 1 aliphatic rings. The van der Waals surface area contributed by atoms with Gasteiger partial charge in [-0.25, -0.2) is 4.79 Å². The Labute approximate surface area is 136 Å². The summed E-state index contributed by atoms with van der Waals surface area (Å²) < 4.78 is 11.7. The molecule has 1 saturated heterocycles. The van der Waals surface area contributed by atoms with E-state index in [1.54, 1.807) is 0 Å². The Balaban J connectivity index is 2.71. The van der Waals surface area contributed by atoms with E-state index in [0.29, 0.717) is 6.61 Å². The van der Waals surface area contributed by atoms with Crippen LogP contribution in [0.2, 0.25) is 18.1 Å². The van der Waals surface area contributed by atoms with Gasteiger partial charge in [-0.05, 0) is 51.9 Å². The smallest absolute Gasteiger partial charge is 0.408 e. The molecule has 1 heterocycles. The molecular weight excluding hydrogens is 296 g/mol. The first-order valence-corrected chi connectivity index (χ1v) is 11.0. The summed E-state index contributed by atoms with van der Waals surface area (Å²) in [6.07, 6.45) is 0.496. The van der Waals surface area contributed by atoms with Crippen LogP contribution < -0.4 is 10.6 Å². The summed E-state index contributed by atoms with van der Waals surface area (Å²) in [7, 11) is -1.84. The van der Waals surface area contributed by atoms with E-state index in [1.807, 2.05) is 20.8 Å². The number of ether oxygens (including phenoxy) is 1. The van der Waals surface area contributed by atoms with Gasteiger partial charge in [0.05, 0.1) is 12.1 Å². The average molecular weight is 331 g/mol. The van der Waals surface area contributed by atoms with E-state index < -0.39 is 13.9 Å². The van der Waals surface area contributed by atoms with Crippen LogP contribution in [0.15, 0.2) is 0 Å². The molecule has 0 spiro atoms. The maximum absolute atomic E-state index is 12.1. The monoisotopic (exact) mass is 330 g/mol. The first-order chi connectivity index (χ1) is 9.77. The van der Waals surface area contributed by atoms with Gasteiger partial charge in [-0.15, -0.1) is 0 Å². The fourth-order valence-electron chi connectivity index (χ4n) is 2.06. The van der Waals surface area contributed by atoms with Crippen molar-refractivity contribution in [2.24, 2.45) is 0 Å². The largest absolute Gasteiger partial charge is 0.444 e. The molecule has 0 aromatic carbocycles. The second kappa shape index (κ2) is 6.49. The van der Waals surface area contributed by atoms with Gasteiger partial charge in [0, 0.05) is 6.54 Å². The summed E-state index contributed by atoms with van der Waals surface area (Å²) in [6, 6.07) is 0. The zero-order chi connectivity index (χ0) is 17.2. The van der Waals surface area contributed by atoms with Crippen molar-refractivity contribution in [3.63, 3.8) is 0 Å². The average Bonchev–Trinajstić information content (AvgIpc) is 2.71. The number of alkyl carbamates (subject to hydrolysis) is 1. The maximum atomic E-state index is 12.1. The Hall–Kier alpha value is -0.593. The van der Waals surface area contributed by atoms with Crippen LogP contribution in [-0.2, 0) is 9.16 Å². The third-order valence-corrected chi connectivity index (χ3v) is 9.00. The molecule has 0 aromatic heterocycles. The zero-order valence-corrected chi connectivity index (χ0v) is 16.6. The number of hydrogen-bond donors (Lipinski definition) is 2. The molecule has 0 bridgehead atoms. The molecule has 0 aliphatic carbocycles. The maximum Gasteiger partial charge on any atom is 0.408 e. The molecular formula is C16H34N2O3Si. The number of rotatable bonds is 4. The van der Waals surface area contributed by atoms with Crippen LogP contribution in [0.3, 0.4) is 0 Å². The predicted octanol–water partition coefficient (Wildman–Crippen LogP) is 3.27. The van der Waals surface area contributed by atoms with Crippen molar-refractivity contribution >= 4 is 14.4 Å². The van der Waals surface area contributed by atoms with Gasteiger partial charge in [0.2, 0.25) is 0 Å². The fraction of sp³-hybridized carbons (Fsp3) is 0.938. The summed E-state index contributed by atoms with van der Waals surface area (Å²) >= 11 is 0. The third kappa shape index (κ3) is 5.55. The van der Waals surface area contributed by atoms with Crippen LogP contribution in [0.25, 0.3) is 0 Å². The van der Waals surface area contributed by atoms with Gasteiger partial charge >= 0.3 is 6.09 Å². The van der Waals surface area contributed by atoms with Gasteiger partial charge in [0.1, 0.15) is 5.60 Å². The Bertz CT molecular complexity index is 391. The van der Waals surface area contributed by atoms with Gasteiger partial charge in [-0.3, -0.25) is 0 Å². The minimum absolute atomic E-state index is 0.159. The van der Waals surface area contributed by atoms with Crippen molar-refractivity contribution in [1.82, 2.24) is 10.6 Å². The fourth-order valence-corrected chi connectivity index (χ4v) is 3.14. The van der Waals surface area contributed by atoms with E-state index in [4.69, 9.17) is 9.16 Å². The molecule has 5 nitrogen and oxygen atoms in total. The number of hydrogen-bond acceptors (Lipinski definition) is 4. The van der Waals surface area contributed by atoms with Crippen molar-refractivity contribution < 1.29 is 14.0 Å². The molecule has 130 valence electrons. The molecule has 1 atom stereocenters. The number of amides is 1. The van der Waals surface area contributed by atoms with Gasteiger partial charge in [0.25, 0.3) is 0 Å². The molecule has 0 radical (unpaired) electrons. The van der Waals surface area contributed by atoms with Crippen LogP contribution in [0.5, 0.6) is 0 Å². The van der Waals surface area contributed by atoms with Gasteiger partial charge in [-0.1, -0.05) is 20.8 Å². The second-order valence-corrected chi connectivity index (χ2v) is 13.7. The molecule has 1 fully saturated rings. The van der Waals surface area contributed by atoms with Crippen LogP contribution in [0.1, 0.15) is 48.0 Å². The van der Waals surface area contributed by atoms with Crippen molar-refractivity contribution in [2.75, 3.05) is 19.7 Å². The van der Waals surface area contributed by atoms with Crippen molar-refractivity contribution in [3.8, 4) is 0 Å². The van der Waals surface area contributed by atoms with E-state index in [2.05, 4.69) is 44.5 Å². The third-order valence-electron chi connectivity index (χ3n) is 4.53. The Kier molecular flexibility index (Phi) is 5.74. The van der Waals surface area contributed by atoms with Gasteiger partial charge < -0.3 is 19.8 Å². The Morgan fingerprint density at radius 1 is 1.23 bits per heavy atom. The molecule has 1 aliphatic heterocycles. The van der Waals surface area contributed by atoms with Crippen molar-refractivity contribution in [3.05, 3.63) is 0 Å². The van der Waals surface area contributed by atoms with Crippen LogP contribution >= 0.6 is 0 Å². The molecule has 0 saturated carbocycles. The summed E-state index contributed by atoms with van der Waals surface area (Å²) in [6.45, 7) is 18.9. The molecule has 2 N–H and O–H groups in total. The van der Waals surface area contributed by atoms with Crippen LogP contribution in [0.4, 0.5) is 4.79 Å². The summed E-state index contributed by atoms with van der Waals surface area (Å²) in [5.74, 6) is 0. The molecule has 22 heavy (non-hydrogen) atoms. The lowest BCUT2D eigenvalue weighted by Crippen LogP contribution is -2.57. The highest BCUT2D eigenvalue weighted by Crippen LogP contribution is 2.37. The number of nitrogens with one attached hydrogen (secondary N) is 2. The summed E-state index contributed by atoms with van der Waals surface area (Å²) in [4.78, 5) is 12.1. The Morgan fingerprint density at radius 2 is 1.82 bits per heavy atom. The highest BCUT2D eigenvalue weighted by atomic mass is 28.4. The standard InChI is InChI=1S/C16H34N2O3Si/c1-14(2,3)21-13(19)18-16(9-10-17-11-16)12-20-22(7,8)15(4,5)6/h17H,9-12H2,1-8H3,(H,18,19). The van der Waals surface area contributed by atoms with E-state index in [1.165, 1.54) is 0 Å². The highest BCUT2D eigenvalue weighted by Gasteiger charge is 2.42. The second-order valence-electron chi connectivity index (χ2n) is 8.88. The SMILES string of the molecule is CC(C)(C)OC(=O)NC1(CO[Si](C)(C)C(C)(C)C)CCNC1. The molecule has 1 unspecified atom stereocenters. The quantitative estimate of drug-likeness (QED) is 0.777. The first-order valence-electron chi connectivity index (χ1n) is 8.12. The van der Waals surface area contributed by atoms with E-state index in [9.17, 15) is 4.79 Å². The topological polar surface area (TPSA) is 59.6 Å². The summed E-state index contributed by atoms with van der Waals surface area (Å²) in [5, 5.41) is 6.53. The summed E-state index contributed by atoms with van der Waals surface area (Å²) in [5.41, 5.74) is -0.852. The highest BCUT2D eigenvalue weighted by molar-refractivity contribution is 6.74. The molecule has 6 heteroatoms. The Morgan fingerprint density at radius 3 is 2.23 bits per heavy atom.